The second-order valence-electron chi connectivity index (χ2n) is 3.67. The Morgan fingerprint density at radius 2 is 2.28 bits per heavy atom. The van der Waals surface area contributed by atoms with Gasteiger partial charge in [0, 0.05) is 14.2 Å². The lowest BCUT2D eigenvalue weighted by molar-refractivity contribution is -0.140. The predicted octanol–water partition coefficient (Wildman–Crippen LogP) is -0.894. The lowest BCUT2D eigenvalue weighted by atomic mass is 10.3. The van der Waals surface area contributed by atoms with Crippen molar-refractivity contribution in [2.75, 3.05) is 13.7 Å². The Bertz CT molecular complexity index is 536. The van der Waals surface area contributed by atoms with Gasteiger partial charge in [0.1, 0.15) is 11.9 Å². The number of carboxylic acids is 1. The van der Waals surface area contributed by atoms with Crippen molar-refractivity contribution in [1.29, 1.82) is 0 Å². The number of carboxylic acid groups (broad SMARTS) is 1. The van der Waals surface area contributed by atoms with Crippen molar-refractivity contribution in [3.63, 3.8) is 0 Å². The Balaban J connectivity index is 3.01. The molecule has 1 unspecified atom stereocenters. The third kappa shape index (κ3) is 3.06. The van der Waals surface area contributed by atoms with Gasteiger partial charge < -0.3 is 14.4 Å². The summed E-state index contributed by atoms with van der Waals surface area (Å²) in [6, 6.07) is -1.34. The molecule has 0 radical (unpaired) electrons. The maximum absolute atomic E-state index is 12.0. The van der Waals surface area contributed by atoms with E-state index in [1.54, 1.807) is 6.92 Å². The SMILES string of the molecule is COCC(NS(=O)(=O)c1cnc(C)n1C)C(=O)O. The van der Waals surface area contributed by atoms with E-state index in [4.69, 9.17) is 5.11 Å². The predicted molar refractivity (Wildman–Crippen MR) is 61.6 cm³/mol. The molecule has 0 fully saturated rings. The van der Waals surface area contributed by atoms with Crippen molar-refractivity contribution in [3.05, 3.63) is 12.0 Å². The zero-order valence-electron chi connectivity index (χ0n) is 10.2. The molecule has 2 N–H and O–H groups in total. The number of sulfonamides is 1. The molecule has 1 aromatic heterocycles. The molecular weight excluding hydrogens is 262 g/mol. The third-order valence-electron chi connectivity index (χ3n) is 2.38. The first kappa shape index (κ1) is 14.6. The number of nitrogens with zero attached hydrogens (tertiary/aromatic N) is 2. The number of hydrogen-bond acceptors (Lipinski definition) is 5. The fraction of sp³-hybridized carbons (Fsp3) is 0.556. The Labute approximate surface area is 105 Å². The topological polar surface area (TPSA) is 111 Å². The molecule has 1 atom stereocenters. The average molecular weight is 277 g/mol. The number of ether oxygens (including phenoxy) is 1. The summed E-state index contributed by atoms with van der Waals surface area (Å²) in [5.41, 5.74) is 0. The lowest BCUT2D eigenvalue weighted by Gasteiger charge is -2.13. The second kappa shape index (κ2) is 5.46. The number of aromatic nitrogens is 2. The first-order valence-corrected chi connectivity index (χ1v) is 6.50. The molecule has 1 aromatic rings. The van der Waals surface area contributed by atoms with Crippen molar-refractivity contribution >= 4 is 16.0 Å². The monoisotopic (exact) mass is 277 g/mol. The fourth-order valence-corrected chi connectivity index (χ4v) is 2.65. The van der Waals surface area contributed by atoms with E-state index in [0.29, 0.717) is 5.82 Å². The van der Waals surface area contributed by atoms with E-state index >= 15 is 0 Å². The Kier molecular flexibility index (Phi) is 4.43. The summed E-state index contributed by atoms with van der Waals surface area (Å²) in [4.78, 5) is 14.7. The smallest absolute Gasteiger partial charge is 0.324 e. The van der Waals surface area contributed by atoms with E-state index in [2.05, 4.69) is 14.4 Å². The van der Waals surface area contributed by atoms with Gasteiger partial charge in [-0.3, -0.25) is 4.79 Å². The third-order valence-corrected chi connectivity index (χ3v) is 3.91. The van der Waals surface area contributed by atoms with Crippen molar-refractivity contribution in [3.8, 4) is 0 Å². The summed E-state index contributed by atoms with van der Waals surface area (Å²) in [6.07, 6.45) is 1.17. The van der Waals surface area contributed by atoms with Gasteiger partial charge in [0.15, 0.2) is 5.03 Å². The number of imidazole rings is 1. The number of nitrogens with one attached hydrogen (secondary N) is 1. The number of rotatable bonds is 6. The second-order valence-corrected chi connectivity index (χ2v) is 5.33. The summed E-state index contributed by atoms with van der Waals surface area (Å²) < 4.78 is 32.0. The molecule has 0 aliphatic rings. The van der Waals surface area contributed by atoms with E-state index in [0.717, 1.165) is 0 Å². The minimum atomic E-state index is -3.95. The largest absolute Gasteiger partial charge is 0.480 e. The highest BCUT2D eigenvalue weighted by Gasteiger charge is 2.27. The zero-order chi connectivity index (χ0) is 13.9. The zero-order valence-corrected chi connectivity index (χ0v) is 11.1. The Morgan fingerprint density at radius 1 is 1.67 bits per heavy atom. The molecule has 0 spiro atoms. The molecule has 18 heavy (non-hydrogen) atoms. The van der Waals surface area contributed by atoms with Gasteiger partial charge in [-0.25, -0.2) is 13.4 Å². The summed E-state index contributed by atoms with van der Waals surface area (Å²) in [5, 5.41) is 8.76. The van der Waals surface area contributed by atoms with Crippen LogP contribution in [0.3, 0.4) is 0 Å². The van der Waals surface area contributed by atoms with Gasteiger partial charge in [0.2, 0.25) is 0 Å². The molecule has 0 saturated heterocycles. The number of aryl methyl sites for hydroxylation is 1. The summed E-state index contributed by atoms with van der Waals surface area (Å²) >= 11 is 0. The molecule has 0 bridgehead atoms. The lowest BCUT2D eigenvalue weighted by Crippen LogP contribution is -2.44. The first-order valence-electron chi connectivity index (χ1n) is 5.02. The summed E-state index contributed by atoms with van der Waals surface area (Å²) in [7, 11) is -1.13. The number of aliphatic carboxylic acids is 1. The fourth-order valence-electron chi connectivity index (χ4n) is 1.30. The van der Waals surface area contributed by atoms with Crippen LogP contribution in [0.2, 0.25) is 0 Å². The first-order chi connectivity index (χ1) is 8.29. The minimum absolute atomic E-state index is 0.0950. The van der Waals surface area contributed by atoms with Crippen LogP contribution >= 0.6 is 0 Å². The molecule has 0 aliphatic carbocycles. The van der Waals surface area contributed by atoms with Crippen LogP contribution in [-0.4, -0.2) is 48.8 Å². The van der Waals surface area contributed by atoms with Gasteiger partial charge in [-0.1, -0.05) is 0 Å². The van der Waals surface area contributed by atoms with Gasteiger partial charge in [0.25, 0.3) is 10.0 Å². The normalized spacial score (nSPS) is 13.5. The number of hydrogen-bond donors (Lipinski definition) is 2. The van der Waals surface area contributed by atoms with Crippen LogP contribution in [0.5, 0.6) is 0 Å². The number of methoxy groups -OCH3 is 1. The summed E-state index contributed by atoms with van der Waals surface area (Å²) in [5.74, 6) is -0.798. The van der Waals surface area contributed by atoms with Gasteiger partial charge >= 0.3 is 5.97 Å². The van der Waals surface area contributed by atoms with Crippen molar-refractivity contribution in [2.24, 2.45) is 7.05 Å². The molecule has 0 aromatic carbocycles. The van der Waals surface area contributed by atoms with E-state index < -0.39 is 22.0 Å². The summed E-state index contributed by atoms with van der Waals surface area (Å²) in [6.45, 7) is 1.38. The molecule has 0 saturated carbocycles. The van der Waals surface area contributed by atoms with E-state index in [9.17, 15) is 13.2 Å². The molecule has 9 heteroatoms. The van der Waals surface area contributed by atoms with Gasteiger partial charge in [-0.15, -0.1) is 0 Å². The van der Waals surface area contributed by atoms with Crippen molar-refractivity contribution < 1.29 is 23.1 Å². The van der Waals surface area contributed by atoms with Crippen LogP contribution in [0.25, 0.3) is 0 Å². The molecule has 1 rings (SSSR count). The van der Waals surface area contributed by atoms with Crippen LogP contribution in [-0.2, 0) is 26.6 Å². The maximum Gasteiger partial charge on any atom is 0.324 e. The van der Waals surface area contributed by atoms with Gasteiger partial charge in [-0.05, 0) is 6.92 Å². The molecule has 0 aliphatic heterocycles. The molecular formula is C9H15N3O5S. The van der Waals surface area contributed by atoms with Crippen LogP contribution < -0.4 is 4.72 Å². The van der Waals surface area contributed by atoms with Gasteiger partial charge in [0.05, 0.1) is 12.8 Å². The van der Waals surface area contributed by atoms with Crippen LogP contribution in [0.1, 0.15) is 5.82 Å². The van der Waals surface area contributed by atoms with Crippen LogP contribution in [0, 0.1) is 6.92 Å². The highest BCUT2D eigenvalue weighted by atomic mass is 32.2. The number of carbonyl (C=O) groups is 1. The quantitative estimate of drug-likeness (QED) is 0.697. The highest BCUT2D eigenvalue weighted by molar-refractivity contribution is 7.89. The average Bonchev–Trinajstić information content (AvgIpc) is 2.59. The highest BCUT2D eigenvalue weighted by Crippen LogP contribution is 2.10. The molecule has 0 amide bonds. The maximum atomic E-state index is 12.0. The van der Waals surface area contributed by atoms with E-state index in [1.165, 1.54) is 24.9 Å². The molecule has 102 valence electrons. The van der Waals surface area contributed by atoms with E-state index in [-0.39, 0.29) is 11.6 Å². The van der Waals surface area contributed by atoms with Crippen LogP contribution in [0.15, 0.2) is 11.2 Å². The van der Waals surface area contributed by atoms with Crippen molar-refractivity contribution in [1.82, 2.24) is 14.3 Å². The standard InChI is InChI=1S/C9H15N3O5S/c1-6-10-4-8(12(6)2)18(15,16)11-7(5-17-3)9(13)14/h4,7,11H,5H2,1-3H3,(H,13,14). The van der Waals surface area contributed by atoms with Crippen LogP contribution in [0.4, 0.5) is 0 Å². The minimum Gasteiger partial charge on any atom is -0.480 e. The van der Waals surface area contributed by atoms with E-state index in [1.807, 2.05) is 0 Å². The van der Waals surface area contributed by atoms with Gasteiger partial charge in [-0.2, -0.15) is 4.72 Å². The molecule has 1 heterocycles. The Hall–Kier alpha value is -1.45. The van der Waals surface area contributed by atoms with Crippen molar-refractivity contribution in [2.45, 2.75) is 18.0 Å². The molecule has 8 nitrogen and oxygen atoms in total. The Morgan fingerprint density at radius 3 is 2.67 bits per heavy atom.